The van der Waals surface area contributed by atoms with E-state index in [-0.39, 0.29) is 5.91 Å². The lowest BCUT2D eigenvalue weighted by Gasteiger charge is -2.17. The minimum atomic E-state index is -0.0643. The maximum atomic E-state index is 13.8. The number of benzene rings is 3. The van der Waals surface area contributed by atoms with Gasteiger partial charge in [-0.2, -0.15) is 0 Å². The van der Waals surface area contributed by atoms with E-state index in [4.69, 9.17) is 9.73 Å². The first-order chi connectivity index (χ1) is 16.4. The summed E-state index contributed by atoms with van der Waals surface area (Å²) in [5, 5.41) is 1.56. The maximum Gasteiger partial charge on any atom is 0.274 e. The minimum absolute atomic E-state index is 0.0643. The summed E-state index contributed by atoms with van der Waals surface area (Å²) in [6.07, 6.45) is 0. The number of anilines is 2. The number of fused-ring (bicyclic) bond motifs is 1. The Morgan fingerprint density at radius 3 is 2.35 bits per heavy atom. The van der Waals surface area contributed by atoms with Crippen molar-refractivity contribution in [1.29, 1.82) is 0 Å². The standard InChI is InChI=1S/C27H25N3O2S2/c1-16-6-10-20(11-7-16)30-25(31)24(34-27(30)28-19-9-8-17(2)18(3)14-19)26-29(4)22-15-21(32-5)12-13-23(22)33-26/h6-15H,1-5H3. The number of nitrogens with zero attached hydrogens (tertiary/aromatic N) is 3. The number of hydrogen-bond acceptors (Lipinski definition) is 6. The highest BCUT2D eigenvalue weighted by atomic mass is 32.2. The van der Waals surface area contributed by atoms with Crippen LogP contribution in [-0.4, -0.2) is 25.2 Å². The zero-order chi connectivity index (χ0) is 24.0. The molecule has 0 radical (unpaired) electrons. The number of carbonyl (C=O) groups is 1. The van der Waals surface area contributed by atoms with Crippen molar-refractivity contribution in [3.8, 4) is 5.75 Å². The molecule has 1 amide bonds. The molecule has 0 aromatic heterocycles. The Hall–Kier alpha value is -3.16. The van der Waals surface area contributed by atoms with Crippen molar-refractivity contribution in [1.82, 2.24) is 0 Å². The first kappa shape index (κ1) is 22.6. The van der Waals surface area contributed by atoms with Gasteiger partial charge in [0, 0.05) is 18.0 Å². The summed E-state index contributed by atoms with van der Waals surface area (Å²) in [5.74, 6) is 0.728. The molecule has 5 rings (SSSR count). The molecule has 0 unspecified atom stereocenters. The van der Waals surface area contributed by atoms with Crippen molar-refractivity contribution < 1.29 is 9.53 Å². The van der Waals surface area contributed by atoms with Crippen LogP contribution in [0.2, 0.25) is 0 Å². The smallest absolute Gasteiger partial charge is 0.274 e. The number of amidine groups is 1. The highest BCUT2D eigenvalue weighted by Gasteiger charge is 2.40. The van der Waals surface area contributed by atoms with E-state index in [1.807, 2.05) is 62.5 Å². The molecule has 0 saturated carbocycles. The van der Waals surface area contributed by atoms with E-state index in [9.17, 15) is 4.79 Å². The Balaban J connectivity index is 1.60. The molecule has 3 aromatic rings. The molecule has 0 spiro atoms. The molecule has 7 heteroatoms. The summed E-state index contributed by atoms with van der Waals surface area (Å²) < 4.78 is 5.40. The van der Waals surface area contributed by atoms with Crippen LogP contribution in [0.3, 0.4) is 0 Å². The van der Waals surface area contributed by atoms with E-state index >= 15 is 0 Å². The molecule has 2 heterocycles. The SMILES string of the molecule is COc1ccc2c(c1)N(C)C(=C1SC(=Nc3ccc(C)c(C)c3)N(c3ccc(C)cc3)C1=O)S2. The summed E-state index contributed by atoms with van der Waals surface area (Å²) >= 11 is 3.03. The first-order valence-electron chi connectivity index (χ1n) is 10.9. The van der Waals surface area contributed by atoms with Gasteiger partial charge in [0.05, 0.1) is 29.2 Å². The maximum absolute atomic E-state index is 13.8. The number of thioether (sulfide) groups is 2. The molecule has 172 valence electrons. The highest BCUT2D eigenvalue weighted by molar-refractivity contribution is 8.20. The molecule has 0 atom stereocenters. The van der Waals surface area contributed by atoms with Gasteiger partial charge in [-0.15, -0.1) is 0 Å². The minimum Gasteiger partial charge on any atom is -0.497 e. The van der Waals surface area contributed by atoms with Gasteiger partial charge in [0.25, 0.3) is 5.91 Å². The summed E-state index contributed by atoms with van der Waals surface area (Å²) in [5.41, 5.74) is 6.21. The number of carbonyl (C=O) groups excluding carboxylic acids is 1. The lowest BCUT2D eigenvalue weighted by atomic mass is 10.1. The number of methoxy groups -OCH3 is 1. The van der Waals surface area contributed by atoms with Gasteiger partial charge in [-0.25, -0.2) is 4.99 Å². The molecule has 0 bridgehead atoms. The molecule has 34 heavy (non-hydrogen) atoms. The number of ether oxygens (including phenoxy) is 1. The van der Waals surface area contributed by atoms with Crippen molar-refractivity contribution in [3.63, 3.8) is 0 Å². The fourth-order valence-corrected chi connectivity index (χ4v) is 6.18. The second kappa shape index (κ2) is 8.89. The summed E-state index contributed by atoms with van der Waals surface area (Å²) in [6.45, 7) is 6.20. The molecule has 1 fully saturated rings. The number of rotatable bonds is 3. The largest absolute Gasteiger partial charge is 0.497 e. The van der Waals surface area contributed by atoms with E-state index < -0.39 is 0 Å². The van der Waals surface area contributed by atoms with E-state index in [0.29, 0.717) is 10.1 Å². The average Bonchev–Trinajstić information content (AvgIpc) is 3.32. The summed E-state index contributed by atoms with van der Waals surface area (Å²) in [7, 11) is 3.65. The van der Waals surface area contributed by atoms with Gasteiger partial charge in [0.1, 0.15) is 10.7 Å². The van der Waals surface area contributed by atoms with E-state index in [2.05, 4.69) is 30.9 Å². The Bertz CT molecular complexity index is 1360. The van der Waals surface area contributed by atoms with Gasteiger partial charge in [-0.3, -0.25) is 9.69 Å². The van der Waals surface area contributed by atoms with E-state index in [1.165, 1.54) is 22.9 Å². The van der Waals surface area contributed by atoms with E-state index in [0.717, 1.165) is 38.3 Å². The van der Waals surface area contributed by atoms with Crippen LogP contribution in [0.4, 0.5) is 17.1 Å². The number of aliphatic imine (C=N–C) groups is 1. The Kier molecular flexibility index (Phi) is 5.91. The van der Waals surface area contributed by atoms with Crippen LogP contribution in [0.1, 0.15) is 16.7 Å². The monoisotopic (exact) mass is 487 g/mol. The molecule has 3 aromatic carbocycles. The Morgan fingerprint density at radius 1 is 0.882 bits per heavy atom. The van der Waals surface area contributed by atoms with Crippen LogP contribution < -0.4 is 14.5 Å². The van der Waals surface area contributed by atoms with E-state index in [1.54, 1.807) is 23.8 Å². The van der Waals surface area contributed by atoms with Gasteiger partial charge in [-0.05, 0) is 80.1 Å². The average molecular weight is 488 g/mol. The molecular formula is C27H25N3O2S2. The van der Waals surface area contributed by atoms with Gasteiger partial charge >= 0.3 is 0 Å². The molecular weight excluding hydrogens is 462 g/mol. The molecule has 2 aliphatic rings. The van der Waals surface area contributed by atoms with Crippen LogP contribution >= 0.6 is 23.5 Å². The topological polar surface area (TPSA) is 45.1 Å². The zero-order valence-electron chi connectivity index (χ0n) is 19.7. The molecule has 5 nitrogen and oxygen atoms in total. The third-order valence-electron chi connectivity index (χ3n) is 6.02. The third kappa shape index (κ3) is 3.99. The Labute approximate surface area is 208 Å². The number of hydrogen-bond donors (Lipinski definition) is 0. The van der Waals surface area contributed by atoms with Gasteiger partial charge in [0.15, 0.2) is 5.17 Å². The molecule has 0 aliphatic carbocycles. The van der Waals surface area contributed by atoms with Crippen LogP contribution in [-0.2, 0) is 4.79 Å². The Morgan fingerprint density at radius 2 is 1.65 bits per heavy atom. The lowest BCUT2D eigenvalue weighted by Crippen LogP contribution is -2.29. The normalized spacial score (nSPS) is 18.7. The van der Waals surface area contributed by atoms with Crippen molar-refractivity contribution >= 4 is 51.7 Å². The van der Waals surface area contributed by atoms with Crippen molar-refractivity contribution in [2.45, 2.75) is 25.7 Å². The van der Waals surface area contributed by atoms with Crippen LogP contribution in [0.5, 0.6) is 5.75 Å². The fraction of sp³-hybridized carbons (Fsp3) is 0.185. The highest BCUT2D eigenvalue weighted by Crippen LogP contribution is 2.51. The van der Waals surface area contributed by atoms with Gasteiger partial charge in [0.2, 0.25) is 0 Å². The van der Waals surface area contributed by atoms with Crippen molar-refractivity contribution in [2.75, 3.05) is 24.0 Å². The third-order valence-corrected chi connectivity index (χ3v) is 8.42. The lowest BCUT2D eigenvalue weighted by molar-refractivity contribution is -0.113. The molecule has 2 aliphatic heterocycles. The second-order valence-corrected chi connectivity index (χ2v) is 10.4. The number of aryl methyl sites for hydroxylation is 3. The van der Waals surface area contributed by atoms with Crippen LogP contribution in [0, 0.1) is 20.8 Å². The van der Waals surface area contributed by atoms with Crippen LogP contribution in [0.15, 0.2) is 80.5 Å². The number of amides is 1. The predicted octanol–water partition coefficient (Wildman–Crippen LogP) is 6.80. The first-order valence-corrected chi connectivity index (χ1v) is 12.6. The predicted molar refractivity (Wildman–Crippen MR) is 144 cm³/mol. The van der Waals surface area contributed by atoms with Crippen molar-refractivity contribution in [2.24, 2.45) is 4.99 Å². The quantitative estimate of drug-likeness (QED) is 0.380. The van der Waals surface area contributed by atoms with Crippen molar-refractivity contribution in [3.05, 3.63) is 87.3 Å². The van der Waals surface area contributed by atoms with Crippen LogP contribution in [0.25, 0.3) is 0 Å². The fourth-order valence-electron chi connectivity index (χ4n) is 3.86. The summed E-state index contributed by atoms with van der Waals surface area (Å²) in [6, 6.07) is 20.1. The van der Waals surface area contributed by atoms with Gasteiger partial charge in [-0.1, -0.05) is 35.5 Å². The summed E-state index contributed by atoms with van der Waals surface area (Å²) in [4.78, 5) is 24.3. The molecule has 1 saturated heterocycles. The zero-order valence-corrected chi connectivity index (χ0v) is 21.4. The second-order valence-electron chi connectivity index (χ2n) is 8.37. The van der Waals surface area contributed by atoms with Gasteiger partial charge < -0.3 is 9.64 Å². The molecule has 0 N–H and O–H groups in total.